The molecule has 6 nitrogen and oxygen atoms in total. The first-order valence-electron chi connectivity index (χ1n) is 12.8. The molecule has 4 aromatic rings. The van der Waals surface area contributed by atoms with Gasteiger partial charge >= 0.3 is 0 Å². The molecule has 6 heteroatoms. The van der Waals surface area contributed by atoms with Gasteiger partial charge in [-0.3, -0.25) is 9.59 Å². The van der Waals surface area contributed by atoms with Crippen molar-refractivity contribution in [1.82, 2.24) is 4.90 Å². The summed E-state index contributed by atoms with van der Waals surface area (Å²) in [6.07, 6.45) is 0.561. The molecule has 4 aromatic carbocycles. The van der Waals surface area contributed by atoms with Crippen molar-refractivity contribution in [2.45, 2.75) is 19.1 Å². The molecular weight excluding hydrogens is 490 g/mol. The van der Waals surface area contributed by atoms with E-state index in [4.69, 9.17) is 9.47 Å². The molecule has 0 bridgehead atoms. The van der Waals surface area contributed by atoms with E-state index in [9.17, 15) is 14.7 Å². The molecule has 5 rings (SSSR count). The van der Waals surface area contributed by atoms with E-state index in [-0.39, 0.29) is 11.3 Å². The molecule has 0 saturated carbocycles. The van der Waals surface area contributed by atoms with E-state index in [1.54, 1.807) is 43.5 Å². The van der Waals surface area contributed by atoms with Crippen LogP contribution in [0.4, 0.5) is 0 Å². The zero-order chi connectivity index (χ0) is 27.2. The molecular formula is C33H29NO5. The van der Waals surface area contributed by atoms with E-state index in [1.165, 1.54) is 4.90 Å². The van der Waals surface area contributed by atoms with Crippen LogP contribution in [0.25, 0.3) is 5.76 Å². The summed E-state index contributed by atoms with van der Waals surface area (Å²) in [6, 6.07) is 33.0. The number of aliphatic hydroxyl groups is 1. The SMILES string of the molecule is COc1cc(C2/C(=C(\O)c3ccccc3)C(=O)C(=O)N2CCc2ccccc2)ccc1OCc1ccccc1. The predicted molar refractivity (Wildman–Crippen MR) is 149 cm³/mol. The largest absolute Gasteiger partial charge is 0.507 e. The third-order valence-electron chi connectivity index (χ3n) is 6.81. The molecule has 196 valence electrons. The predicted octanol–water partition coefficient (Wildman–Crippen LogP) is 5.94. The fourth-order valence-corrected chi connectivity index (χ4v) is 4.81. The second-order valence-electron chi connectivity index (χ2n) is 9.28. The van der Waals surface area contributed by atoms with E-state index in [0.29, 0.717) is 42.2 Å². The van der Waals surface area contributed by atoms with Crippen molar-refractivity contribution in [3.63, 3.8) is 0 Å². The summed E-state index contributed by atoms with van der Waals surface area (Å²) in [5.74, 6) is -0.551. The van der Waals surface area contributed by atoms with Gasteiger partial charge in [0.1, 0.15) is 12.4 Å². The second-order valence-corrected chi connectivity index (χ2v) is 9.28. The molecule has 0 aromatic heterocycles. The molecule has 1 amide bonds. The van der Waals surface area contributed by atoms with E-state index in [1.807, 2.05) is 72.8 Å². The van der Waals surface area contributed by atoms with Gasteiger partial charge in [-0.05, 0) is 35.2 Å². The number of ketones is 1. The van der Waals surface area contributed by atoms with Gasteiger partial charge in [-0.2, -0.15) is 0 Å². The van der Waals surface area contributed by atoms with Crippen LogP contribution in [0.5, 0.6) is 11.5 Å². The first-order chi connectivity index (χ1) is 19.1. The Morgan fingerprint density at radius 1 is 0.795 bits per heavy atom. The smallest absolute Gasteiger partial charge is 0.295 e. The van der Waals surface area contributed by atoms with E-state index in [0.717, 1.165) is 11.1 Å². The van der Waals surface area contributed by atoms with Crippen LogP contribution in [-0.4, -0.2) is 35.4 Å². The van der Waals surface area contributed by atoms with Crippen molar-refractivity contribution in [3.05, 3.63) is 137 Å². The monoisotopic (exact) mass is 519 g/mol. The van der Waals surface area contributed by atoms with Crippen molar-refractivity contribution in [2.24, 2.45) is 0 Å². The van der Waals surface area contributed by atoms with Gasteiger partial charge in [0.25, 0.3) is 11.7 Å². The number of Topliss-reactive ketones (excluding diaryl/α,β-unsaturated/α-hetero) is 1. The first kappa shape index (κ1) is 25.8. The molecule has 1 saturated heterocycles. The topological polar surface area (TPSA) is 76.1 Å². The first-order valence-corrected chi connectivity index (χ1v) is 12.8. The van der Waals surface area contributed by atoms with Crippen molar-refractivity contribution >= 4 is 17.4 Å². The molecule has 1 aliphatic rings. The van der Waals surface area contributed by atoms with Crippen LogP contribution < -0.4 is 9.47 Å². The summed E-state index contributed by atoms with van der Waals surface area (Å²) < 4.78 is 11.7. The summed E-state index contributed by atoms with van der Waals surface area (Å²) in [5.41, 5.74) is 3.23. The van der Waals surface area contributed by atoms with Crippen LogP contribution in [0.15, 0.2) is 115 Å². The Morgan fingerprint density at radius 3 is 2.05 bits per heavy atom. The van der Waals surface area contributed by atoms with Gasteiger partial charge in [0.2, 0.25) is 0 Å². The summed E-state index contributed by atoms with van der Waals surface area (Å²) in [5, 5.41) is 11.3. The van der Waals surface area contributed by atoms with Gasteiger partial charge in [0, 0.05) is 12.1 Å². The molecule has 1 aliphatic heterocycles. The molecule has 0 spiro atoms. The van der Waals surface area contributed by atoms with E-state index < -0.39 is 17.7 Å². The fourth-order valence-electron chi connectivity index (χ4n) is 4.81. The molecule has 0 radical (unpaired) electrons. The average Bonchev–Trinajstić information content (AvgIpc) is 3.25. The number of rotatable bonds is 9. The summed E-state index contributed by atoms with van der Waals surface area (Å²) in [6.45, 7) is 0.666. The van der Waals surface area contributed by atoms with Crippen molar-refractivity contribution < 1.29 is 24.2 Å². The van der Waals surface area contributed by atoms with Crippen molar-refractivity contribution in [2.75, 3.05) is 13.7 Å². The highest BCUT2D eigenvalue weighted by Gasteiger charge is 2.46. The van der Waals surface area contributed by atoms with Crippen molar-refractivity contribution in [3.8, 4) is 11.5 Å². The highest BCUT2D eigenvalue weighted by atomic mass is 16.5. The molecule has 1 atom stereocenters. The highest BCUT2D eigenvalue weighted by Crippen LogP contribution is 2.42. The number of nitrogens with zero attached hydrogens (tertiary/aromatic N) is 1. The van der Waals surface area contributed by atoms with Crippen LogP contribution in [0, 0.1) is 0 Å². The number of amides is 1. The van der Waals surface area contributed by atoms with Crippen LogP contribution in [0.1, 0.15) is 28.3 Å². The maximum Gasteiger partial charge on any atom is 0.295 e. The maximum absolute atomic E-state index is 13.3. The Balaban J connectivity index is 1.53. The fraction of sp³-hybridized carbons (Fsp3) is 0.152. The third kappa shape index (κ3) is 5.55. The number of likely N-dealkylation sites (tertiary alicyclic amines) is 1. The molecule has 39 heavy (non-hydrogen) atoms. The van der Waals surface area contributed by atoms with E-state index in [2.05, 4.69) is 0 Å². The molecule has 0 aliphatic carbocycles. The number of benzene rings is 4. The van der Waals surface area contributed by atoms with Crippen LogP contribution >= 0.6 is 0 Å². The van der Waals surface area contributed by atoms with E-state index >= 15 is 0 Å². The minimum Gasteiger partial charge on any atom is -0.507 e. The molecule has 1 heterocycles. The Labute approximate surface area is 227 Å². The zero-order valence-corrected chi connectivity index (χ0v) is 21.6. The van der Waals surface area contributed by atoms with Gasteiger partial charge in [-0.15, -0.1) is 0 Å². The summed E-state index contributed by atoms with van der Waals surface area (Å²) in [7, 11) is 1.55. The normalized spacial score (nSPS) is 16.3. The summed E-state index contributed by atoms with van der Waals surface area (Å²) >= 11 is 0. The average molecular weight is 520 g/mol. The number of hydrogen-bond donors (Lipinski definition) is 1. The minimum atomic E-state index is -0.786. The number of ether oxygens (including phenoxy) is 2. The Kier molecular flexibility index (Phi) is 7.73. The van der Waals surface area contributed by atoms with Gasteiger partial charge in [0.15, 0.2) is 11.5 Å². The van der Waals surface area contributed by atoms with Crippen LogP contribution in [0.3, 0.4) is 0 Å². The Hall–Kier alpha value is -4.84. The maximum atomic E-state index is 13.3. The number of hydrogen-bond acceptors (Lipinski definition) is 5. The summed E-state index contributed by atoms with van der Waals surface area (Å²) in [4.78, 5) is 28.2. The third-order valence-corrected chi connectivity index (χ3v) is 6.81. The number of carbonyl (C=O) groups excluding carboxylic acids is 2. The zero-order valence-electron chi connectivity index (χ0n) is 21.6. The quantitative estimate of drug-likeness (QED) is 0.168. The van der Waals surface area contributed by atoms with Gasteiger partial charge < -0.3 is 19.5 Å². The Bertz CT molecular complexity index is 1480. The van der Waals surface area contributed by atoms with Gasteiger partial charge in [0.05, 0.1) is 18.7 Å². The van der Waals surface area contributed by atoms with Crippen LogP contribution in [-0.2, 0) is 22.6 Å². The molecule has 1 unspecified atom stereocenters. The number of carbonyl (C=O) groups is 2. The lowest BCUT2D eigenvalue weighted by molar-refractivity contribution is -0.139. The van der Waals surface area contributed by atoms with Gasteiger partial charge in [-0.1, -0.05) is 97.1 Å². The Morgan fingerprint density at radius 2 is 1.41 bits per heavy atom. The van der Waals surface area contributed by atoms with Gasteiger partial charge in [-0.25, -0.2) is 0 Å². The lowest BCUT2D eigenvalue weighted by Gasteiger charge is -2.26. The molecule has 1 fully saturated rings. The number of methoxy groups -OCH3 is 1. The standard InChI is InChI=1S/C33H29NO5/c1-38-28-21-26(17-18-27(28)39-22-24-13-7-3-8-14-24)30-29(31(35)25-15-9-4-10-16-25)32(36)33(37)34(30)20-19-23-11-5-2-6-12-23/h2-18,21,30,35H,19-20,22H2,1H3/b31-29+. The molecule has 1 N–H and O–H groups in total. The van der Waals surface area contributed by atoms with Crippen molar-refractivity contribution in [1.29, 1.82) is 0 Å². The highest BCUT2D eigenvalue weighted by molar-refractivity contribution is 6.46. The number of aliphatic hydroxyl groups excluding tert-OH is 1. The lowest BCUT2D eigenvalue weighted by Crippen LogP contribution is -2.31. The van der Waals surface area contributed by atoms with Crippen LogP contribution in [0.2, 0.25) is 0 Å². The minimum absolute atomic E-state index is 0.0549. The second kappa shape index (κ2) is 11.7. The lowest BCUT2D eigenvalue weighted by atomic mass is 9.95.